The molecule has 3 aromatic heterocycles. The Hall–Kier alpha value is -5.40. The summed E-state index contributed by atoms with van der Waals surface area (Å²) in [7, 11) is -3.04. The Bertz CT molecular complexity index is 2490. The van der Waals surface area contributed by atoms with Crippen molar-refractivity contribution in [3.05, 3.63) is 175 Å². The number of pyridine rings is 2. The van der Waals surface area contributed by atoms with Gasteiger partial charge >= 0.3 is 21.1 Å². The second-order valence-corrected chi connectivity index (χ2v) is 17.4. The second-order valence-electron chi connectivity index (χ2n) is 13.6. The predicted molar refractivity (Wildman–Crippen MR) is 207 cm³/mol. The topological polar surface area (TPSA) is 54.5 Å². The van der Waals surface area contributed by atoms with Gasteiger partial charge in [0.25, 0.3) is 0 Å². The van der Waals surface area contributed by atoms with Crippen LogP contribution in [0.3, 0.4) is 0 Å². The fourth-order valence-corrected chi connectivity index (χ4v) is 11.7. The molecule has 0 fully saturated rings. The molecule has 248 valence electrons. The van der Waals surface area contributed by atoms with Crippen molar-refractivity contribution >= 4 is 50.6 Å². The van der Waals surface area contributed by atoms with E-state index in [0.29, 0.717) is 5.56 Å². The number of fused-ring (bicyclic) bond motifs is 3. The molecule has 8 aromatic rings. The molecule has 6 heteroatoms. The minimum absolute atomic E-state index is 0. The Balaban J connectivity index is 0.00000406. The Morgan fingerprint density at radius 3 is 2.02 bits per heavy atom. The summed E-state index contributed by atoms with van der Waals surface area (Å²) in [6.07, 6.45) is 3.72. The molecule has 0 atom stereocenters. The smallest absolute Gasteiger partial charge is 0.319 e. The average Bonchev–Trinajstić information content (AvgIpc) is 3.49. The number of hydrogen-bond acceptors (Lipinski definition) is 3. The van der Waals surface area contributed by atoms with E-state index in [1.165, 1.54) is 15.9 Å². The number of nitriles is 1. The molecule has 0 N–H and O–H groups in total. The zero-order chi connectivity index (χ0) is 34.3. The number of rotatable bonds is 6. The molecule has 0 saturated carbocycles. The van der Waals surface area contributed by atoms with Crippen molar-refractivity contribution in [2.45, 2.75) is 26.2 Å². The first-order valence-corrected chi connectivity index (χ1v) is 18.8. The summed E-state index contributed by atoms with van der Waals surface area (Å²) >= 11 is 0. The summed E-state index contributed by atoms with van der Waals surface area (Å²) < 4.78 is 2.22. The predicted octanol–water partition coefficient (Wildman–Crippen LogP) is 7.39. The number of benzene rings is 5. The van der Waals surface area contributed by atoms with Crippen molar-refractivity contribution in [2.75, 3.05) is 0 Å². The Labute approximate surface area is 314 Å². The van der Waals surface area contributed by atoms with Gasteiger partial charge in [-0.2, -0.15) is 28.6 Å². The van der Waals surface area contributed by atoms with E-state index >= 15 is 0 Å². The summed E-state index contributed by atoms with van der Waals surface area (Å²) in [6, 6.07) is 59.0. The molecule has 0 spiro atoms. The van der Waals surface area contributed by atoms with Gasteiger partial charge in [-0.05, 0) is 68.8 Å². The van der Waals surface area contributed by atoms with E-state index in [1.54, 1.807) is 0 Å². The molecule has 5 aromatic carbocycles. The normalized spacial score (nSPS) is 11.6. The van der Waals surface area contributed by atoms with Crippen LogP contribution in [0.15, 0.2) is 152 Å². The minimum Gasteiger partial charge on any atom is -0.319 e. The molecule has 0 aliphatic rings. The van der Waals surface area contributed by atoms with Crippen LogP contribution in [-0.2, 0) is 26.5 Å². The van der Waals surface area contributed by atoms with Crippen LogP contribution < -0.4 is 20.7 Å². The number of hydrogen-bond donors (Lipinski definition) is 0. The molecule has 0 radical (unpaired) electrons. The Kier molecular flexibility index (Phi) is 9.16. The minimum atomic E-state index is -3.04. The van der Waals surface area contributed by atoms with Gasteiger partial charge in [0.05, 0.1) is 11.6 Å². The molecule has 0 unspecified atom stereocenters. The zero-order valence-electron chi connectivity index (χ0n) is 28.5. The molecular formula is C45H34N4PtSi. The van der Waals surface area contributed by atoms with Gasteiger partial charge in [0.2, 0.25) is 0 Å². The summed E-state index contributed by atoms with van der Waals surface area (Å²) in [6.45, 7) is 6.66. The van der Waals surface area contributed by atoms with E-state index in [0.717, 1.165) is 49.3 Å². The third-order valence-electron chi connectivity index (χ3n) is 9.60. The first-order valence-electron chi connectivity index (χ1n) is 16.8. The maximum atomic E-state index is 9.87. The summed E-state index contributed by atoms with van der Waals surface area (Å²) in [5, 5.41) is 16.6. The van der Waals surface area contributed by atoms with Gasteiger partial charge < -0.3 is 9.55 Å². The van der Waals surface area contributed by atoms with Crippen molar-refractivity contribution in [1.82, 2.24) is 14.5 Å². The van der Waals surface area contributed by atoms with Crippen LogP contribution in [-0.4, -0.2) is 22.6 Å². The van der Waals surface area contributed by atoms with Gasteiger partial charge in [-0.1, -0.05) is 99.1 Å². The van der Waals surface area contributed by atoms with Crippen LogP contribution >= 0.6 is 0 Å². The fourth-order valence-electron chi connectivity index (χ4n) is 7.15. The van der Waals surface area contributed by atoms with Crippen molar-refractivity contribution in [1.29, 1.82) is 5.26 Å². The van der Waals surface area contributed by atoms with E-state index in [2.05, 4.69) is 152 Å². The second kappa shape index (κ2) is 13.7. The summed E-state index contributed by atoms with van der Waals surface area (Å²) in [4.78, 5) is 9.61. The molecule has 3 heterocycles. The monoisotopic (exact) mass is 853 g/mol. The Morgan fingerprint density at radius 2 is 1.35 bits per heavy atom. The SMILES string of the molecule is CC(C)(C)c1ccnc(-n2c3[c-]c([Si](c4[c-]c(-c5ccccn5)ccc4)(c4ccccc4)c4ccccc4)ccc3c3cc(C#N)ccc32)c1.[Pt+2]. The van der Waals surface area contributed by atoms with Gasteiger partial charge in [0, 0.05) is 17.9 Å². The van der Waals surface area contributed by atoms with Gasteiger partial charge in [-0.3, -0.25) is 0 Å². The maximum absolute atomic E-state index is 9.87. The summed E-state index contributed by atoms with van der Waals surface area (Å²) in [5.41, 5.74) is 5.51. The largest absolute Gasteiger partial charge is 2.00 e. The van der Waals surface area contributed by atoms with Gasteiger partial charge in [-0.15, -0.1) is 40.4 Å². The molecule has 0 aliphatic carbocycles. The molecule has 0 saturated heterocycles. The standard InChI is InChI=1S/C45H34N4Si.Pt/c1-45(2,3)34-24-26-48-44(29-34)49-42-23-20-32(31-46)27-40(42)39-22-21-38(30-43(39)49)50(35-14-6-4-7-15-35,36-16-8-5-9-17-36)37-18-12-13-33(28-37)41-19-10-11-25-47-41;/h4-27,29H,1-3H3;/q-2;+2. The fraction of sp³-hybridized carbons (Fsp3) is 0.0889. The van der Waals surface area contributed by atoms with E-state index in [-0.39, 0.29) is 26.5 Å². The molecule has 51 heavy (non-hydrogen) atoms. The van der Waals surface area contributed by atoms with E-state index in [1.807, 2.05) is 48.8 Å². The van der Waals surface area contributed by atoms with Gasteiger partial charge in [-0.25, -0.2) is 4.98 Å². The third-order valence-corrected chi connectivity index (χ3v) is 14.2. The van der Waals surface area contributed by atoms with E-state index in [4.69, 9.17) is 4.98 Å². The van der Waals surface area contributed by atoms with Crippen LogP contribution in [0, 0.1) is 23.5 Å². The van der Waals surface area contributed by atoms with Crippen LogP contribution in [0.4, 0.5) is 0 Å². The van der Waals surface area contributed by atoms with Crippen molar-refractivity contribution < 1.29 is 21.1 Å². The number of nitrogens with zero attached hydrogens (tertiary/aromatic N) is 4. The van der Waals surface area contributed by atoms with E-state index < -0.39 is 8.07 Å². The van der Waals surface area contributed by atoms with Crippen LogP contribution in [0.25, 0.3) is 38.9 Å². The number of aromatic nitrogens is 3. The molecule has 8 rings (SSSR count). The van der Waals surface area contributed by atoms with Gasteiger partial charge in [0.15, 0.2) is 0 Å². The maximum Gasteiger partial charge on any atom is 2.00 e. The van der Waals surface area contributed by atoms with Crippen LogP contribution in [0.1, 0.15) is 31.9 Å². The zero-order valence-corrected chi connectivity index (χ0v) is 31.8. The van der Waals surface area contributed by atoms with Gasteiger partial charge in [0.1, 0.15) is 13.9 Å². The average molecular weight is 854 g/mol. The molecular weight excluding hydrogens is 820 g/mol. The Morgan fingerprint density at radius 1 is 0.647 bits per heavy atom. The van der Waals surface area contributed by atoms with Crippen molar-refractivity contribution in [3.8, 4) is 23.1 Å². The third kappa shape index (κ3) is 5.95. The summed E-state index contributed by atoms with van der Waals surface area (Å²) in [5.74, 6) is 0.825. The van der Waals surface area contributed by atoms with Crippen LogP contribution in [0.2, 0.25) is 0 Å². The molecule has 0 bridgehead atoms. The first kappa shape index (κ1) is 34.1. The first-order chi connectivity index (χ1) is 24.4. The van der Waals surface area contributed by atoms with E-state index in [9.17, 15) is 5.26 Å². The molecule has 4 nitrogen and oxygen atoms in total. The van der Waals surface area contributed by atoms with Crippen molar-refractivity contribution in [2.24, 2.45) is 0 Å². The van der Waals surface area contributed by atoms with Crippen LogP contribution in [0.5, 0.6) is 0 Å². The quantitative estimate of drug-likeness (QED) is 0.0998. The van der Waals surface area contributed by atoms with Crippen molar-refractivity contribution in [3.63, 3.8) is 0 Å². The molecule has 0 aliphatic heterocycles. The molecule has 0 amide bonds.